The minimum absolute atomic E-state index is 0.335. The monoisotopic (exact) mass is 322 g/mol. The van der Waals surface area contributed by atoms with Gasteiger partial charge in [-0.15, -0.1) is 0 Å². The van der Waals surface area contributed by atoms with Crippen molar-refractivity contribution in [2.75, 3.05) is 0 Å². The van der Waals surface area contributed by atoms with Crippen molar-refractivity contribution in [3.8, 4) is 0 Å². The summed E-state index contributed by atoms with van der Waals surface area (Å²) in [5.74, 6) is -0.335. The van der Waals surface area contributed by atoms with E-state index in [1.807, 2.05) is 85.0 Å². The highest BCUT2D eigenvalue weighted by Gasteiger charge is 2.42. The molecule has 1 atom stereocenters. The molecule has 0 aromatic heterocycles. The first-order valence-electron chi connectivity index (χ1n) is 8.22. The summed E-state index contributed by atoms with van der Waals surface area (Å²) < 4.78 is 0. The van der Waals surface area contributed by atoms with Crippen molar-refractivity contribution < 1.29 is 10.2 Å². The Balaban J connectivity index is 2.31. The first-order valence-corrected chi connectivity index (χ1v) is 8.22. The molecule has 0 bridgehead atoms. The number of hydrogen-bond acceptors (Lipinski definition) is 2. The Labute approximate surface area is 144 Å². The molecule has 0 fully saturated rings. The molecular weight excluding hydrogens is 296 g/mol. The van der Waals surface area contributed by atoms with E-state index in [1.54, 1.807) is 20.8 Å². The summed E-state index contributed by atoms with van der Waals surface area (Å²) in [6.45, 7) is 4.93. The van der Waals surface area contributed by atoms with E-state index in [1.165, 1.54) is 0 Å². The zero-order valence-corrected chi connectivity index (χ0v) is 14.6. The van der Waals surface area contributed by atoms with Gasteiger partial charge in [0, 0.05) is 5.92 Å². The van der Waals surface area contributed by atoms with Gasteiger partial charge in [-0.2, -0.15) is 0 Å². The molecule has 24 heavy (non-hydrogen) atoms. The first kappa shape index (κ1) is 18.2. The van der Waals surface area contributed by atoms with E-state index >= 15 is 0 Å². The fourth-order valence-corrected chi connectivity index (χ4v) is 2.40. The fraction of sp³-hybridized carbons (Fsp3) is 0.273. The maximum Gasteiger partial charge on any atom is 0.0996 e. The van der Waals surface area contributed by atoms with Crippen LogP contribution in [0.15, 0.2) is 72.8 Å². The van der Waals surface area contributed by atoms with Crippen LogP contribution >= 0.6 is 0 Å². The van der Waals surface area contributed by atoms with Crippen LogP contribution in [-0.2, 0) is 0 Å². The smallest absolute Gasteiger partial charge is 0.0996 e. The summed E-state index contributed by atoms with van der Waals surface area (Å²) in [5.41, 5.74) is -0.423. The van der Waals surface area contributed by atoms with Crippen molar-refractivity contribution in [3.05, 3.63) is 83.9 Å². The predicted molar refractivity (Wildman–Crippen MR) is 101 cm³/mol. The molecule has 2 rings (SSSR count). The molecule has 0 radical (unpaired) electrons. The summed E-state index contributed by atoms with van der Waals surface area (Å²) >= 11 is 0. The van der Waals surface area contributed by atoms with Gasteiger partial charge in [-0.25, -0.2) is 0 Å². The van der Waals surface area contributed by atoms with Gasteiger partial charge in [0.1, 0.15) is 0 Å². The molecule has 2 nitrogen and oxygen atoms in total. The molecule has 0 spiro atoms. The van der Waals surface area contributed by atoms with Gasteiger partial charge in [-0.05, 0) is 31.9 Å². The molecule has 0 heterocycles. The Morgan fingerprint density at radius 3 is 1.42 bits per heavy atom. The quantitative estimate of drug-likeness (QED) is 0.819. The predicted octanol–water partition coefficient (Wildman–Crippen LogP) is 4.55. The van der Waals surface area contributed by atoms with Crippen molar-refractivity contribution in [2.45, 2.75) is 32.0 Å². The molecule has 2 aromatic rings. The van der Waals surface area contributed by atoms with Gasteiger partial charge in [-0.1, -0.05) is 85.0 Å². The summed E-state index contributed by atoms with van der Waals surface area (Å²) in [7, 11) is 0. The van der Waals surface area contributed by atoms with Crippen LogP contribution in [0, 0.1) is 5.92 Å². The normalized spacial score (nSPS) is 16.4. The molecule has 0 amide bonds. The van der Waals surface area contributed by atoms with Crippen LogP contribution in [0.4, 0.5) is 0 Å². The van der Waals surface area contributed by atoms with E-state index in [4.69, 9.17) is 0 Å². The lowest BCUT2D eigenvalue weighted by Crippen LogP contribution is -2.52. The number of aliphatic hydroxyl groups is 2. The SMILES string of the molecule is CC(C)(O)C(C)(O)C(C=Cc1ccccc1)C=Cc1ccccc1. The van der Waals surface area contributed by atoms with Gasteiger partial charge in [0.05, 0.1) is 11.2 Å². The van der Waals surface area contributed by atoms with E-state index in [0.29, 0.717) is 0 Å². The lowest BCUT2D eigenvalue weighted by Gasteiger charge is -2.39. The average Bonchev–Trinajstić information content (AvgIpc) is 2.55. The standard InChI is InChI=1S/C22H26O2/c1-21(2,23)22(3,24)20(16-14-18-10-6-4-7-11-18)17-15-19-12-8-5-9-13-19/h4-17,20,23-24H,1-3H3. The largest absolute Gasteiger partial charge is 0.387 e. The highest BCUT2D eigenvalue weighted by atomic mass is 16.4. The molecule has 0 aliphatic heterocycles. The fourth-order valence-electron chi connectivity index (χ4n) is 2.40. The Morgan fingerprint density at radius 2 is 1.08 bits per heavy atom. The number of hydrogen-bond donors (Lipinski definition) is 2. The molecule has 0 saturated heterocycles. The van der Waals surface area contributed by atoms with Gasteiger partial charge < -0.3 is 10.2 Å². The summed E-state index contributed by atoms with van der Waals surface area (Å²) in [6, 6.07) is 19.9. The third-order valence-electron chi connectivity index (χ3n) is 4.48. The average molecular weight is 322 g/mol. The number of benzene rings is 2. The molecule has 0 aliphatic carbocycles. The highest BCUT2D eigenvalue weighted by molar-refractivity contribution is 5.53. The maximum absolute atomic E-state index is 10.9. The van der Waals surface area contributed by atoms with Crippen LogP contribution in [0.1, 0.15) is 31.9 Å². The molecule has 2 aromatic carbocycles. The Hall–Kier alpha value is -2.16. The third-order valence-corrected chi connectivity index (χ3v) is 4.48. The van der Waals surface area contributed by atoms with Gasteiger partial charge in [0.25, 0.3) is 0 Å². The van der Waals surface area contributed by atoms with E-state index in [-0.39, 0.29) is 5.92 Å². The van der Waals surface area contributed by atoms with Gasteiger partial charge >= 0.3 is 0 Å². The summed E-state index contributed by atoms with van der Waals surface area (Å²) in [5, 5.41) is 21.3. The van der Waals surface area contributed by atoms with E-state index in [0.717, 1.165) is 11.1 Å². The van der Waals surface area contributed by atoms with Crippen molar-refractivity contribution in [1.82, 2.24) is 0 Å². The summed E-state index contributed by atoms with van der Waals surface area (Å²) in [4.78, 5) is 0. The van der Waals surface area contributed by atoms with Crippen molar-refractivity contribution >= 4 is 12.2 Å². The van der Waals surface area contributed by atoms with Gasteiger partial charge in [-0.3, -0.25) is 0 Å². The van der Waals surface area contributed by atoms with Crippen LogP contribution < -0.4 is 0 Å². The minimum atomic E-state index is -1.30. The molecule has 1 unspecified atom stereocenters. The molecule has 2 heteroatoms. The van der Waals surface area contributed by atoms with Crippen LogP contribution in [0.2, 0.25) is 0 Å². The van der Waals surface area contributed by atoms with Crippen LogP contribution in [0.25, 0.3) is 12.2 Å². The van der Waals surface area contributed by atoms with Crippen LogP contribution in [0.3, 0.4) is 0 Å². The van der Waals surface area contributed by atoms with E-state index in [9.17, 15) is 10.2 Å². The molecular formula is C22H26O2. The lowest BCUT2D eigenvalue weighted by atomic mass is 9.76. The van der Waals surface area contributed by atoms with Crippen molar-refractivity contribution in [2.24, 2.45) is 5.92 Å². The second-order valence-electron chi connectivity index (χ2n) is 6.77. The Morgan fingerprint density at radius 1 is 0.708 bits per heavy atom. The molecule has 0 aliphatic rings. The van der Waals surface area contributed by atoms with Gasteiger partial charge in [0.15, 0.2) is 0 Å². The highest BCUT2D eigenvalue weighted by Crippen LogP contribution is 2.32. The minimum Gasteiger partial charge on any atom is -0.387 e. The molecule has 0 saturated carbocycles. The zero-order chi connectivity index (χ0) is 17.6. The van der Waals surface area contributed by atoms with Crippen LogP contribution in [-0.4, -0.2) is 21.4 Å². The zero-order valence-electron chi connectivity index (χ0n) is 14.6. The topological polar surface area (TPSA) is 40.5 Å². The molecule has 126 valence electrons. The Kier molecular flexibility index (Phi) is 5.76. The molecule has 2 N–H and O–H groups in total. The lowest BCUT2D eigenvalue weighted by molar-refractivity contribution is -0.133. The first-order chi connectivity index (χ1) is 11.3. The second kappa shape index (κ2) is 7.61. The maximum atomic E-state index is 10.9. The van der Waals surface area contributed by atoms with E-state index in [2.05, 4.69) is 0 Å². The summed E-state index contributed by atoms with van der Waals surface area (Å²) in [6.07, 6.45) is 7.82. The van der Waals surface area contributed by atoms with Crippen LogP contribution in [0.5, 0.6) is 0 Å². The van der Waals surface area contributed by atoms with Gasteiger partial charge in [0.2, 0.25) is 0 Å². The van der Waals surface area contributed by atoms with Crippen molar-refractivity contribution in [3.63, 3.8) is 0 Å². The number of rotatable bonds is 6. The van der Waals surface area contributed by atoms with Crippen molar-refractivity contribution in [1.29, 1.82) is 0 Å². The third kappa shape index (κ3) is 4.67. The Bertz CT molecular complexity index is 627. The van der Waals surface area contributed by atoms with E-state index < -0.39 is 11.2 Å². The second-order valence-corrected chi connectivity index (χ2v) is 6.77.